The van der Waals surface area contributed by atoms with Crippen LogP contribution in [0.5, 0.6) is 0 Å². The number of nitrogens with zero attached hydrogens (tertiary/aromatic N) is 4. The van der Waals surface area contributed by atoms with E-state index in [0.29, 0.717) is 12.0 Å². The molecule has 1 saturated carbocycles. The molecule has 1 saturated heterocycles. The standard InChI is InChI=1S/C21H29N5O/c27-21(23-19-9-5-2-6-10-19)25-12-11-18(15-25)13-20-24-22-16-26(20)14-17-7-3-1-4-8-17/h1,3-4,7-8,16,18-19H,2,5-6,9-15H2,(H,23,27). The molecule has 2 aromatic rings. The number of hydrogen-bond donors (Lipinski definition) is 1. The predicted octanol–water partition coefficient (Wildman–Crippen LogP) is 3.23. The molecule has 6 heteroatoms. The lowest BCUT2D eigenvalue weighted by Crippen LogP contribution is -2.44. The molecular formula is C21H29N5O. The number of urea groups is 1. The van der Waals surface area contributed by atoms with Crippen molar-refractivity contribution in [2.75, 3.05) is 13.1 Å². The van der Waals surface area contributed by atoms with E-state index in [1.165, 1.54) is 24.8 Å². The monoisotopic (exact) mass is 367 g/mol. The highest BCUT2D eigenvalue weighted by Crippen LogP contribution is 2.22. The highest BCUT2D eigenvalue weighted by atomic mass is 16.2. The van der Waals surface area contributed by atoms with Crippen molar-refractivity contribution in [3.8, 4) is 0 Å². The molecule has 0 spiro atoms. The molecule has 4 rings (SSSR count). The summed E-state index contributed by atoms with van der Waals surface area (Å²) in [6.45, 7) is 2.45. The Morgan fingerprint density at radius 1 is 1.11 bits per heavy atom. The highest BCUT2D eigenvalue weighted by molar-refractivity contribution is 5.74. The smallest absolute Gasteiger partial charge is 0.317 e. The molecule has 1 aliphatic heterocycles. The summed E-state index contributed by atoms with van der Waals surface area (Å²) in [4.78, 5) is 14.5. The van der Waals surface area contributed by atoms with Crippen LogP contribution in [0.2, 0.25) is 0 Å². The average molecular weight is 367 g/mol. The minimum Gasteiger partial charge on any atom is -0.335 e. The number of carbonyl (C=O) groups is 1. The molecule has 1 atom stereocenters. The van der Waals surface area contributed by atoms with Gasteiger partial charge in [0, 0.05) is 25.6 Å². The predicted molar refractivity (Wildman–Crippen MR) is 104 cm³/mol. The van der Waals surface area contributed by atoms with Crippen LogP contribution in [0, 0.1) is 5.92 Å². The van der Waals surface area contributed by atoms with Crippen LogP contribution in [0.25, 0.3) is 0 Å². The molecule has 1 aromatic heterocycles. The lowest BCUT2D eigenvalue weighted by molar-refractivity contribution is 0.198. The molecule has 1 aliphatic carbocycles. The van der Waals surface area contributed by atoms with Crippen molar-refractivity contribution in [1.29, 1.82) is 0 Å². The SMILES string of the molecule is O=C(NC1CCCCC1)N1CCC(Cc2nncn2Cc2ccccc2)C1. The van der Waals surface area contributed by atoms with E-state index in [0.717, 1.165) is 51.1 Å². The van der Waals surface area contributed by atoms with Gasteiger partial charge in [-0.2, -0.15) is 0 Å². The first-order valence-corrected chi connectivity index (χ1v) is 10.2. The summed E-state index contributed by atoms with van der Waals surface area (Å²) < 4.78 is 2.13. The van der Waals surface area contributed by atoms with Crippen LogP contribution in [-0.2, 0) is 13.0 Å². The molecule has 0 bridgehead atoms. The van der Waals surface area contributed by atoms with Gasteiger partial charge in [0.15, 0.2) is 0 Å². The number of carbonyl (C=O) groups excluding carboxylic acids is 1. The van der Waals surface area contributed by atoms with Crippen molar-refractivity contribution < 1.29 is 4.79 Å². The Morgan fingerprint density at radius 3 is 2.74 bits per heavy atom. The van der Waals surface area contributed by atoms with Crippen molar-refractivity contribution in [1.82, 2.24) is 25.0 Å². The number of hydrogen-bond acceptors (Lipinski definition) is 3. The zero-order valence-electron chi connectivity index (χ0n) is 15.9. The third-order valence-corrected chi connectivity index (χ3v) is 5.87. The van der Waals surface area contributed by atoms with Crippen LogP contribution in [0.4, 0.5) is 4.79 Å². The number of nitrogens with one attached hydrogen (secondary N) is 1. The molecule has 1 N–H and O–H groups in total. The van der Waals surface area contributed by atoms with E-state index in [4.69, 9.17) is 0 Å². The van der Waals surface area contributed by atoms with Crippen molar-refractivity contribution in [2.45, 2.75) is 57.5 Å². The van der Waals surface area contributed by atoms with Crippen molar-refractivity contribution in [3.05, 3.63) is 48.0 Å². The van der Waals surface area contributed by atoms with Gasteiger partial charge in [-0.3, -0.25) is 0 Å². The first-order chi connectivity index (χ1) is 13.3. The van der Waals surface area contributed by atoms with E-state index in [1.807, 2.05) is 17.3 Å². The summed E-state index contributed by atoms with van der Waals surface area (Å²) in [6, 6.07) is 10.9. The van der Waals surface area contributed by atoms with Crippen LogP contribution in [0.3, 0.4) is 0 Å². The largest absolute Gasteiger partial charge is 0.335 e. The minimum absolute atomic E-state index is 0.121. The zero-order chi connectivity index (χ0) is 18.5. The Morgan fingerprint density at radius 2 is 1.93 bits per heavy atom. The fraction of sp³-hybridized carbons (Fsp3) is 0.571. The quantitative estimate of drug-likeness (QED) is 0.882. The molecule has 144 valence electrons. The summed E-state index contributed by atoms with van der Waals surface area (Å²) in [5.74, 6) is 1.47. The van der Waals surface area contributed by atoms with Gasteiger partial charge in [0.1, 0.15) is 12.2 Å². The lowest BCUT2D eigenvalue weighted by atomic mass is 9.96. The van der Waals surface area contributed by atoms with Crippen LogP contribution < -0.4 is 5.32 Å². The Hall–Kier alpha value is -2.37. The van der Waals surface area contributed by atoms with Crippen molar-refractivity contribution in [2.24, 2.45) is 5.92 Å². The second-order valence-corrected chi connectivity index (χ2v) is 7.95. The van der Waals surface area contributed by atoms with Gasteiger partial charge in [0.05, 0.1) is 6.54 Å². The summed E-state index contributed by atoms with van der Waals surface area (Å²) in [5, 5.41) is 11.7. The molecule has 0 radical (unpaired) electrons. The number of aromatic nitrogens is 3. The van der Waals surface area contributed by atoms with Gasteiger partial charge in [0.25, 0.3) is 0 Å². The van der Waals surface area contributed by atoms with Crippen LogP contribution in [0.1, 0.15) is 49.9 Å². The van der Waals surface area contributed by atoms with Gasteiger partial charge in [-0.15, -0.1) is 10.2 Å². The second kappa shape index (κ2) is 8.55. The van der Waals surface area contributed by atoms with E-state index >= 15 is 0 Å². The third-order valence-electron chi connectivity index (χ3n) is 5.87. The fourth-order valence-electron chi connectivity index (χ4n) is 4.30. The maximum absolute atomic E-state index is 12.6. The van der Waals surface area contributed by atoms with E-state index in [9.17, 15) is 4.79 Å². The van der Waals surface area contributed by atoms with Gasteiger partial charge >= 0.3 is 6.03 Å². The summed E-state index contributed by atoms with van der Waals surface area (Å²) in [7, 11) is 0. The number of amides is 2. The maximum atomic E-state index is 12.6. The maximum Gasteiger partial charge on any atom is 0.317 e. The molecule has 27 heavy (non-hydrogen) atoms. The van der Waals surface area contributed by atoms with E-state index in [2.05, 4.69) is 44.3 Å². The molecule has 2 aliphatic rings. The Balaban J connectivity index is 1.30. The third kappa shape index (κ3) is 4.67. The normalized spacial score (nSPS) is 20.7. The van der Waals surface area contributed by atoms with E-state index in [1.54, 1.807) is 0 Å². The first kappa shape index (κ1) is 18.0. The second-order valence-electron chi connectivity index (χ2n) is 7.95. The van der Waals surface area contributed by atoms with Crippen LogP contribution >= 0.6 is 0 Å². The van der Waals surface area contributed by atoms with Gasteiger partial charge in [-0.05, 0) is 30.7 Å². The topological polar surface area (TPSA) is 63.1 Å². The molecule has 2 amide bonds. The van der Waals surface area contributed by atoms with E-state index in [-0.39, 0.29) is 6.03 Å². The molecule has 2 fully saturated rings. The van der Waals surface area contributed by atoms with Gasteiger partial charge < -0.3 is 14.8 Å². The fourth-order valence-corrected chi connectivity index (χ4v) is 4.30. The zero-order valence-corrected chi connectivity index (χ0v) is 15.9. The van der Waals surface area contributed by atoms with Crippen LogP contribution in [0.15, 0.2) is 36.7 Å². The number of benzene rings is 1. The molecule has 1 unspecified atom stereocenters. The highest BCUT2D eigenvalue weighted by Gasteiger charge is 2.29. The van der Waals surface area contributed by atoms with Gasteiger partial charge in [0.2, 0.25) is 0 Å². The van der Waals surface area contributed by atoms with E-state index < -0.39 is 0 Å². The first-order valence-electron chi connectivity index (χ1n) is 10.2. The molecule has 6 nitrogen and oxygen atoms in total. The van der Waals surface area contributed by atoms with Gasteiger partial charge in [-0.25, -0.2) is 4.79 Å². The summed E-state index contributed by atoms with van der Waals surface area (Å²) in [6.07, 6.45) is 9.77. The van der Waals surface area contributed by atoms with Crippen LogP contribution in [-0.4, -0.2) is 44.8 Å². The molecule has 1 aromatic carbocycles. The van der Waals surface area contributed by atoms with Gasteiger partial charge in [-0.1, -0.05) is 49.6 Å². The minimum atomic E-state index is 0.121. The average Bonchev–Trinajstić information content (AvgIpc) is 3.34. The van der Waals surface area contributed by atoms with Crippen molar-refractivity contribution in [3.63, 3.8) is 0 Å². The van der Waals surface area contributed by atoms with Crippen molar-refractivity contribution >= 4 is 6.03 Å². The Bertz CT molecular complexity index is 738. The summed E-state index contributed by atoms with van der Waals surface area (Å²) in [5.41, 5.74) is 1.25. The summed E-state index contributed by atoms with van der Waals surface area (Å²) >= 11 is 0. The number of likely N-dealkylation sites (tertiary alicyclic amines) is 1. The Kier molecular flexibility index (Phi) is 5.70. The molecular weight excluding hydrogens is 338 g/mol. The lowest BCUT2D eigenvalue weighted by Gasteiger charge is -2.26. The Labute approximate surface area is 161 Å². The molecule has 2 heterocycles. The number of rotatable bonds is 5.